The van der Waals surface area contributed by atoms with Crippen molar-refractivity contribution >= 4 is 10.9 Å². The zero-order valence-corrected chi connectivity index (χ0v) is 11.7. The van der Waals surface area contributed by atoms with E-state index in [1.165, 1.54) is 42.1 Å². The zero-order valence-electron chi connectivity index (χ0n) is 11.7. The summed E-state index contributed by atoms with van der Waals surface area (Å²) in [6.07, 6.45) is 5.22. The third-order valence-electron chi connectivity index (χ3n) is 4.09. The molecule has 0 aliphatic heterocycles. The molecular weight excluding hydrogens is 220 g/mol. The monoisotopic (exact) mass is 242 g/mol. The van der Waals surface area contributed by atoms with E-state index in [4.69, 9.17) is 0 Å². The summed E-state index contributed by atoms with van der Waals surface area (Å²) in [4.78, 5) is 2.23. The van der Waals surface area contributed by atoms with Crippen LogP contribution in [-0.4, -0.2) is 23.6 Å². The summed E-state index contributed by atoms with van der Waals surface area (Å²) in [5, 5.41) is 1.49. The van der Waals surface area contributed by atoms with Crippen molar-refractivity contribution in [1.29, 1.82) is 0 Å². The van der Waals surface area contributed by atoms with Crippen molar-refractivity contribution in [2.75, 3.05) is 14.1 Å². The van der Waals surface area contributed by atoms with Crippen molar-refractivity contribution in [2.24, 2.45) is 7.05 Å². The van der Waals surface area contributed by atoms with E-state index < -0.39 is 0 Å². The molecule has 1 heterocycles. The molecule has 0 saturated carbocycles. The van der Waals surface area contributed by atoms with Crippen LogP contribution < -0.4 is 0 Å². The predicted molar refractivity (Wildman–Crippen MR) is 77.0 cm³/mol. The molecule has 0 N–H and O–H groups in total. The second kappa shape index (κ2) is 4.43. The van der Waals surface area contributed by atoms with E-state index >= 15 is 0 Å². The highest BCUT2D eigenvalue weighted by Gasteiger charge is 2.18. The van der Waals surface area contributed by atoms with Crippen LogP contribution in [0.1, 0.15) is 29.7 Å². The van der Waals surface area contributed by atoms with E-state index in [0.29, 0.717) is 0 Å². The minimum Gasteiger partial charge on any atom is -0.347 e. The van der Waals surface area contributed by atoms with Gasteiger partial charge >= 0.3 is 0 Å². The lowest BCUT2D eigenvalue weighted by Gasteiger charge is -2.13. The predicted octanol–water partition coefficient (Wildman–Crippen LogP) is 3.12. The number of nitrogens with zero attached hydrogens (tertiary/aromatic N) is 2. The van der Waals surface area contributed by atoms with Crippen LogP contribution in [0.3, 0.4) is 0 Å². The fraction of sp³-hybridized carbons (Fsp3) is 0.500. The van der Waals surface area contributed by atoms with Gasteiger partial charge in [0.1, 0.15) is 0 Å². The lowest BCUT2D eigenvalue weighted by Crippen LogP contribution is -2.10. The van der Waals surface area contributed by atoms with E-state index in [1.54, 1.807) is 11.3 Å². The molecule has 0 spiro atoms. The second-order valence-electron chi connectivity index (χ2n) is 5.78. The highest BCUT2D eigenvalue weighted by molar-refractivity contribution is 5.86. The van der Waals surface area contributed by atoms with Crippen LogP contribution in [-0.2, 0) is 26.4 Å². The summed E-state index contributed by atoms with van der Waals surface area (Å²) in [6, 6.07) is 6.97. The van der Waals surface area contributed by atoms with E-state index in [2.05, 4.69) is 48.8 Å². The molecule has 2 nitrogen and oxygen atoms in total. The lowest BCUT2D eigenvalue weighted by atomic mass is 9.95. The SMILES string of the molecule is CN(C)Cc1ccc2c(c1)c1c(n2C)CCCC1. The molecule has 0 amide bonds. The first-order chi connectivity index (χ1) is 8.66. The Balaban J connectivity index is 2.15. The van der Waals surface area contributed by atoms with Gasteiger partial charge in [-0.1, -0.05) is 6.07 Å². The maximum atomic E-state index is 2.41. The molecule has 2 heteroatoms. The van der Waals surface area contributed by atoms with Gasteiger partial charge in [-0.25, -0.2) is 0 Å². The molecule has 0 radical (unpaired) electrons. The topological polar surface area (TPSA) is 8.17 Å². The Labute approximate surface area is 109 Å². The average molecular weight is 242 g/mol. The summed E-state index contributed by atoms with van der Waals surface area (Å²) in [5.41, 5.74) is 6.01. The van der Waals surface area contributed by atoms with Gasteiger partial charge in [0.2, 0.25) is 0 Å². The van der Waals surface area contributed by atoms with Crippen molar-refractivity contribution in [3.05, 3.63) is 35.0 Å². The molecular formula is C16H22N2. The Morgan fingerprint density at radius 1 is 1.17 bits per heavy atom. The number of rotatable bonds is 2. The third kappa shape index (κ3) is 1.85. The van der Waals surface area contributed by atoms with Crippen molar-refractivity contribution in [1.82, 2.24) is 9.47 Å². The molecule has 0 bridgehead atoms. The molecule has 96 valence electrons. The molecule has 1 aliphatic rings. The van der Waals surface area contributed by atoms with Gasteiger partial charge in [0.15, 0.2) is 0 Å². The Kier molecular flexibility index (Phi) is 2.90. The van der Waals surface area contributed by atoms with E-state index in [0.717, 1.165) is 6.54 Å². The Morgan fingerprint density at radius 2 is 1.94 bits per heavy atom. The summed E-state index contributed by atoms with van der Waals surface area (Å²) >= 11 is 0. The zero-order chi connectivity index (χ0) is 12.7. The van der Waals surface area contributed by atoms with E-state index in [9.17, 15) is 0 Å². The van der Waals surface area contributed by atoms with Crippen molar-refractivity contribution in [2.45, 2.75) is 32.2 Å². The van der Waals surface area contributed by atoms with Crippen LogP contribution in [0, 0.1) is 0 Å². The Morgan fingerprint density at radius 3 is 2.72 bits per heavy atom. The van der Waals surface area contributed by atoms with Crippen molar-refractivity contribution in [3.63, 3.8) is 0 Å². The van der Waals surface area contributed by atoms with Crippen LogP contribution in [0.2, 0.25) is 0 Å². The van der Waals surface area contributed by atoms with E-state index in [1.807, 2.05) is 0 Å². The van der Waals surface area contributed by atoms with Gasteiger partial charge in [0.05, 0.1) is 0 Å². The largest absolute Gasteiger partial charge is 0.347 e. The van der Waals surface area contributed by atoms with Crippen LogP contribution >= 0.6 is 0 Å². The molecule has 1 aromatic carbocycles. The van der Waals surface area contributed by atoms with Crippen LogP contribution in [0.15, 0.2) is 18.2 Å². The average Bonchev–Trinajstić information content (AvgIpc) is 2.63. The second-order valence-corrected chi connectivity index (χ2v) is 5.78. The molecule has 0 fully saturated rings. The number of aryl methyl sites for hydroxylation is 2. The fourth-order valence-corrected chi connectivity index (χ4v) is 3.28. The Bertz CT molecular complexity index is 578. The minimum atomic E-state index is 1.03. The number of benzene rings is 1. The van der Waals surface area contributed by atoms with Crippen LogP contribution in [0.5, 0.6) is 0 Å². The minimum absolute atomic E-state index is 1.03. The van der Waals surface area contributed by atoms with Crippen LogP contribution in [0.25, 0.3) is 10.9 Å². The molecule has 0 unspecified atom stereocenters. The van der Waals surface area contributed by atoms with Crippen molar-refractivity contribution in [3.8, 4) is 0 Å². The van der Waals surface area contributed by atoms with Gasteiger partial charge in [0.25, 0.3) is 0 Å². The maximum Gasteiger partial charge on any atom is 0.0482 e. The fourth-order valence-electron chi connectivity index (χ4n) is 3.28. The lowest BCUT2D eigenvalue weighted by molar-refractivity contribution is 0.403. The standard InChI is InChI=1S/C16H22N2/c1-17(2)11-12-8-9-16-14(10-12)13-6-4-5-7-15(13)18(16)3/h8-10H,4-7,11H2,1-3H3. The first-order valence-electron chi connectivity index (χ1n) is 6.90. The molecule has 3 rings (SSSR count). The number of aromatic nitrogens is 1. The molecule has 1 aromatic heterocycles. The first kappa shape index (κ1) is 11.8. The molecule has 0 atom stereocenters. The van der Waals surface area contributed by atoms with Crippen molar-refractivity contribution < 1.29 is 0 Å². The van der Waals surface area contributed by atoms with Gasteiger partial charge in [-0.2, -0.15) is 0 Å². The molecule has 1 aliphatic carbocycles. The van der Waals surface area contributed by atoms with E-state index in [-0.39, 0.29) is 0 Å². The summed E-state index contributed by atoms with van der Waals surface area (Å²) in [5.74, 6) is 0. The van der Waals surface area contributed by atoms with Gasteiger partial charge < -0.3 is 9.47 Å². The quantitative estimate of drug-likeness (QED) is 0.785. The smallest absolute Gasteiger partial charge is 0.0482 e. The summed E-state index contributed by atoms with van der Waals surface area (Å²) in [7, 11) is 6.48. The normalized spacial score (nSPS) is 15.3. The van der Waals surface area contributed by atoms with Gasteiger partial charge in [0, 0.05) is 30.2 Å². The number of hydrogen-bond acceptors (Lipinski definition) is 1. The Hall–Kier alpha value is -1.28. The summed E-state index contributed by atoms with van der Waals surface area (Å²) in [6.45, 7) is 1.03. The maximum absolute atomic E-state index is 2.41. The highest BCUT2D eigenvalue weighted by atomic mass is 15.0. The van der Waals surface area contributed by atoms with Gasteiger partial charge in [-0.05, 0) is 63.0 Å². The third-order valence-corrected chi connectivity index (χ3v) is 4.09. The molecule has 2 aromatic rings. The van der Waals surface area contributed by atoms with Gasteiger partial charge in [-0.3, -0.25) is 0 Å². The number of fused-ring (bicyclic) bond motifs is 3. The first-order valence-corrected chi connectivity index (χ1v) is 6.90. The van der Waals surface area contributed by atoms with Gasteiger partial charge in [-0.15, -0.1) is 0 Å². The highest BCUT2D eigenvalue weighted by Crippen LogP contribution is 2.32. The molecule has 18 heavy (non-hydrogen) atoms. The number of hydrogen-bond donors (Lipinski definition) is 0. The summed E-state index contributed by atoms with van der Waals surface area (Å²) < 4.78 is 2.41. The molecule has 0 saturated heterocycles. The van der Waals surface area contributed by atoms with Crippen LogP contribution in [0.4, 0.5) is 0 Å².